The third-order valence-electron chi connectivity index (χ3n) is 4.68. The summed E-state index contributed by atoms with van der Waals surface area (Å²) in [6, 6.07) is 4.53. The molecular formula is C20H21F3N2O3S. The normalized spacial score (nSPS) is 15.4. The van der Waals surface area contributed by atoms with Crippen molar-refractivity contribution in [1.29, 1.82) is 0 Å². The number of nitrogens with one attached hydrogen (secondary N) is 1. The molecule has 5 nitrogen and oxygen atoms in total. The quantitative estimate of drug-likeness (QED) is 0.757. The van der Waals surface area contributed by atoms with Crippen LogP contribution in [0.4, 0.5) is 18.9 Å². The molecule has 29 heavy (non-hydrogen) atoms. The van der Waals surface area contributed by atoms with Crippen LogP contribution in [0.3, 0.4) is 0 Å². The van der Waals surface area contributed by atoms with Crippen LogP contribution in [0.5, 0.6) is 0 Å². The second-order valence-corrected chi connectivity index (χ2v) is 7.49. The Morgan fingerprint density at radius 2 is 1.93 bits per heavy atom. The summed E-state index contributed by atoms with van der Waals surface area (Å²) in [6.45, 7) is 3.30. The van der Waals surface area contributed by atoms with E-state index in [0.717, 1.165) is 12.1 Å². The summed E-state index contributed by atoms with van der Waals surface area (Å²) in [7, 11) is 0. The Labute approximate surface area is 170 Å². The number of carbonyl (C=O) groups excluding carboxylic acids is 2. The summed E-state index contributed by atoms with van der Waals surface area (Å²) in [6.07, 6.45) is -3.30. The maximum atomic E-state index is 13.3. The van der Waals surface area contributed by atoms with E-state index < -0.39 is 23.6 Å². The summed E-state index contributed by atoms with van der Waals surface area (Å²) < 4.78 is 45.6. The van der Waals surface area contributed by atoms with Crippen molar-refractivity contribution in [3.05, 3.63) is 51.7 Å². The van der Waals surface area contributed by atoms with Crippen LogP contribution < -0.4 is 5.32 Å². The largest absolute Gasteiger partial charge is 0.416 e. The number of hydrogen-bond donors (Lipinski definition) is 1. The van der Waals surface area contributed by atoms with Gasteiger partial charge >= 0.3 is 6.18 Å². The fourth-order valence-electron chi connectivity index (χ4n) is 3.23. The fourth-order valence-corrected chi connectivity index (χ4v) is 3.86. The molecule has 0 aliphatic carbocycles. The molecule has 2 amide bonds. The van der Waals surface area contributed by atoms with E-state index in [4.69, 9.17) is 4.74 Å². The molecule has 1 aromatic carbocycles. The van der Waals surface area contributed by atoms with Crippen LogP contribution in [0.15, 0.2) is 35.0 Å². The zero-order valence-electron chi connectivity index (χ0n) is 15.8. The number of thiophene rings is 1. The standard InChI is InChI=1S/C20H21F3N2O3S/c1-2-28-17-3-6-25(7-4-17)19(27)14-9-15(20(21,22)23)11-16(10-14)24-18(26)13-5-8-29-12-13/h5,8-12,17H,2-4,6-7H2,1H3,(H,24,26). The highest BCUT2D eigenvalue weighted by Gasteiger charge is 2.33. The van der Waals surface area contributed by atoms with Gasteiger partial charge in [-0.2, -0.15) is 24.5 Å². The molecule has 2 aromatic rings. The van der Waals surface area contributed by atoms with Crippen LogP contribution >= 0.6 is 11.3 Å². The highest BCUT2D eigenvalue weighted by molar-refractivity contribution is 7.08. The van der Waals surface area contributed by atoms with Gasteiger partial charge in [-0.1, -0.05) is 0 Å². The molecule has 0 unspecified atom stereocenters. The Morgan fingerprint density at radius 3 is 2.52 bits per heavy atom. The van der Waals surface area contributed by atoms with Gasteiger partial charge in [0.1, 0.15) is 0 Å². The zero-order chi connectivity index (χ0) is 21.0. The Kier molecular flexibility index (Phi) is 6.59. The van der Waals surface area contributed by atoms with E-state index in [1.807, 2.05) is 6.92 Å². The SMILES string of the molecule is CCOC1CCN(C(=O)c2cc(NC(=O)c3ccsc3)cc(C(F)(F)F)c2)CC1. The van der Waals surface area contributed by atoms with Gasteiger partial charge < -0.3 is 15.0 Å². The first kappa shape index (κ1) is 21.3. The fraction of sp³-hybridized carbons (Fsp3) is 0.400. The third kappa shape index (κ3) is 5.36. The number of anilines is 1. The monoisotopic (exact) mass is 426 g/mol. The molecule has 0 atom stereocenters. The van der Waals surface area contributed by atoms with Gasteiger partial charge in [-0.05, 0) is 49.4 Å². The second-order valence-electron chi connectivity index (χ2n) is 6.71. The van der Waals surface area contributed by atoms with E-state index in [1.54, 1.807) is 16.8 Å². The molecule has 1 saturated heterocycles. The van der Waals surface area contributed by atoms with Crippen molar-refractivity contribution in [3.8, 4) is 0 Å². The number of alkyl halides is 3. The highest BCUT2D eigenvalue weighted by Crippen LogP contribution is 2.33. The van der Waals surface area contributed by atoms with Crippen molar-refractivity contribution in [1.82, 2.24) is 4.90 Å². The maximum Gasteiger partial charge on any atom is 0.416 e. The van der Waals surface area contributed by atoms with Gasteiger partial charge in [0.05, 0.1) is 17.2 Å². The minimum absolute atomic E-state index is 0.0611. The Morgan fingerprint density at radius 1 is 1.21 bits per heavy atom. The molecule has 1 N–H and O–H groups in total. The van der Waals surface area contributed by atoms with E-state index in [-0.39, 0.29) is 17.4 Å². The minimum atomic E-state index is -4.64. The molecule has 156 valence electrons. The summed E-state index contributed by atoms with van der Waals surface area (Å²) in [5.74, 6) is -1.02. The van der Waals surface area contributed by atoms with Gasteiger partial charge in [-0.25, -0.2) is 0 Å². The Hall–Kier alpha value is -2.39. The van der Waals surface area contributed by atoms with Gasteiger partial charge in [0.15, 0.2) is 0 Å². The van der Waals surface area contributed by atoms with Crippen molar-refractivity contribution >= 4 is 28.8 Å². The van der Waals surface area contributed by atoms with Crippen LogP contribution in [0.2, 0.25) is 0 Å². The van der Waals surface area contributed by atoms with Crippen molar-refractivity contribution < 1.29 is 27.5 Å². The van der Waals surface area contributed by atoms with Gasteiger partial charge in [-0.15, -0.1) is 0 Å². The molecule has 0 spiro atoms. The number of benzene rings is 1. The lowest BCUT2D eigenvalue weighted by Crippen LogP contribution is -2.41. The number of piperidine rings is 1. The van der Waals surface area contributed by atoms with Crippen LogP contribution in [-0.2, 0) is 10.9 Å². The van der Waals surface area contributed by atoms with E-state index in [0.29, 0.717) is 38.1 Å². The van der Waals surface area contributed by atoms with Crippen LogP contribution in [-0.4, -0.2) is 42.5 Å². The summed E-state index contributed by atoms with van der Waals surface area (Å²) >= 11 is 1.30. The van der Waals surface area contributed by atoms with Gasteiger partial charge in [0.25, 0.3) is 11.8 Å². The zero-order valence-corrected chi connectivity index (χ0v) is 16.6. The van der Waals surface area contributed by atoms with Gasteiger partial charge in [-0.3, -0.25) is 9.59 Å². The number of carbonyl (C=O) groups is 2. The first-order chi connectivity index (χ1) is 13.8. The van der Waals surface area contributed by atoms with Crippen molar-refractivity contribution in [2.45, 2.75) is 32.0 Å². The molecule has 0 radical (unpaired) electrons. The number of hydrogen-bond acceptors (Lipinski definition) is 4. The molecule has 1 fully saturated rings. The first-order valence-corrected chi connectivity index (χ1v) is 10.2. The number of halogens is 3. The second kappa shape index (κ2) is 8.96. The Balaban J connectivity index is 1.82. The highest BCUT2D eigenvalue weighted by atomic mass is 32.1. The lowest BCUT2D eigenvalue weighted by Gasteiger charge is -2.32. The van der Waals surface area contributed by atoms with Crippen molar-refractivity contribution in [2.75, 3.05) is 25.0 Å². The molecule has 1 aliphatic rings. The molecule has 0 bridgehead atoms. The minimum Gasteiger partial charge on any atom is -0.378 e. The molecule has 2 heterocycles. The van der Waals surface area contributed by atoms with Crippen molar-refractivity contribution in [3.63, 3.8) is 0 Å². The number of ether oxygens (including phenoxy) is 1. The molecule has 1 aliphatic heterocycles. The molecular weight excluding hydrogens is 405 g/mol. The third-order valence-corrected chi connectivity index (χ3v) is 5.36. The van der Waals surface area contributed by atoms with E-state index >= 15 is 0 Å². The lowest BCUT2D eigenvalue weighted by atomic mass is 10.0. The smallest absolute Gasteiger partial charge is 0.378 e. The van der Waals surface area contributed by atoms with E-state index in [1.165, 1.54) is 22.3 Å². The van der Waals surface area contributed by atoms with Gasteiger partial charge in [0.2, 0.25) is 0 Å². The average molecular weight is 426 g/mol. The molecule has 0 saturated carbocycles. The lowest BCUT2D eigenvalue weighted by molar-refractivity contribution is -0.137. The predicted octanol–water partition coefficient (Wildman–Crippen LogP) is 4.66. The van der Waals surface area contributed by atoms with Crippen molar-refractivity contribution in [2.24, 2.45) is 0 Å². The first-order valence-electron chi connectivity index (χ1n) is 9.24. The molecule has 9 heteroatoms. The number of likely N-dealkylation sites (tertiary alicyclic amines) is 1. The summed E-state index contributed by atoms with van der Waals surface area (Å²) in [4.78, 5) is 26.6. The van der Waals surface area contributed by atoms with Crippen LogP contribution in [0, 0.1) is 0 Å². The number of rotatable bonds is 5. The van der Waals surface area contributed by atoms with Gasteiger partial charge in [0, 0.05) is 36.3 Å². The predicted molar refractivity (Wildman–Crippen MR) is 104 cm³/mol. The number of amides is 2. The topological polar surface area (TPSA) is 58.6 Å². The summed E-state index contributed by atoms with van der Waals surface area (Å²) in [5, 5.41) is 5.75. The molecule has 3 rings (SSSR count). The van der Waals surface area contributed by atoms with Crippen LogP contribution in [0.25, 0.3) is 0 Å². The molecule has 1 aromatic heterocycles. The van der Waals surface area contributed by atoms with Crippen LogP contribution in [0.1, 0.15) is 46.0 Å². The van der Waals surface area contributed by atoms with E-state index in [2.05, 4.69) is 5.32 Å². The number of nitrogens with zero attached hydrogens (tertiary/aromatic N) is 1. The Bertz CT molecular complexity index is 860. The average Bonchev–Trinajstić information content (AvgIpc) is 3.22. The van der Waals surface area contributed by atoms with E-state index in [9.17, 15) is 22.8 Å². The maximum absolute atomic E-state index is 13.3. The summed E-state index contributed by atoms with van der Waals surface area (Å²) in [5.41, 5.74) is -0.801.